The average molecular weight is 317 g/mol. The number of rotatable bonds is 3. The predicted molar refractivity (Wildman–Crippen MR) is 74.9 cm³/mol. The Morgan fingerprint density at radius 2 is 1.94 bits per heavy atom. The lowest BCUT2D eigenvalue weighted by Gasteiger charge is -2.28. The van der Waals surface area contributed by atoms with Crippen molar-refractivity contribution in [3.63, 3.8) is 0 Å². The minimum atomic E-state index is -0.530. The number of anilines is 1. The van der Waals surface area contributed by atoms with E-state index < -0.39 is 5.82 Å². The number of nitrogen functional groups attached to an aromatic ring is 1. The van der Waals surface area contributed by atoms with E-state index in [0.717, 1.165) is 0 Å². The van der Waals surface area contributed by atoms with Gasteiger partial charge in [0.15, 0.2) is 0 Å². The number of halogens is 2. The van der Waals surface area contributed by atoms with Crippen LogP contribution in [0, 0.1) is 11.7 Å². The van der Waals surface area contributed by atoms with Gasteiger partial charge < -0.3 is 10.6 Å². The Morgan fingerprint density at radius 1 is 1.39 bits per heavy atom. The second-order valence-electron chi connectivity index (χ2n) is 4.75. The maximum atomic E-state index is 13.2. The van der Waals surface area contributed by atoms with Gasteiger partial charge in [0.2, 0.25) is 0 Å². The molecule has 0 spiro atoms. The summed E-state index contributed by atoms with van der Waals surface area (Å²) in [4.78, 5) is 13.9. The molecule has 2 N–H and O–H groups in total. The molecule has 0 radical (unpaired) electrons. The highest BCUT2D eigenvalue weighted by atomic mass is 79.9. The smallest absolute Gasteiger partial charge is 0.255 e. The lowest BCUT2D eigenvalue weighted by Crippen LogP contribution is -2.38. The third-order valence-electron chi connectivity index (χ3n) is 3.21. The molecular formula is C13H18BrFN2O. The molecule has 0 aliphatic heterocycles. The van der Waals surface area contributed by atoms with Crippen LogP contribution in [-0.2, 0) is 0 Å². The van der Waals surface area contributed by atoms with E-state index in [-0.39, 0.29) is 17.6 Å². The number of carbonyl (C=O) groups is 1. The van der Waals surface area contributed by atoms with Crippen molar-refractivity contribution in [2.24, 2.45) is 5.92 Å². The summed E-state index contributed by atoms with van der Waals surface area (Å²) in [5.74, 6) is -0.358. The average Bonchev–Trinajstić information content (AvgIpc) is 2.30. The van der Waals surface area contributed by atoms with E-state index in [1.54, 1.807) is 11.9 Å². The summed E-state index contributed by atoms with van der Waals surface area (Å²) in [5, 5.41) is 0. The van der Waals surface area contributed by atoms with Crippen LogP contribution >= 0.6 is 15.9 Å². The Bertz CT molecular complexity index is 463. The van der Waals surface area contributed by atoms with Gasteiger partial charge in [-0.25, -0.2) is 4.39 Å². The number of benzene rings is 1. The fourth-order valence-corrected chi connectivity index (χ4v) is 2.04. The van der Waals surface area contributed by atoms with Gasteiger partial charge in [-0.1, -0.05) is 13.8 Å². The van der Waals surface area contributed by atoms with Crippen molar-refractivity contribution in [1.29, 1.82) is 0 Å². The van der Waals surface area contributed by atoms with Crippen molar-refractivity contribution in [1.82, 2.24) is 4.90 Å². The zero-order chi connectivity index (χ0) is 14.0. The van der Waals surface area contributed by atoms with Crippen molar-refractivity contribution in [2.75, 3.05) is 12.8 Å². The first-order valence-electron chi connectivity index (χ1n) is 5.77. The molecule has 1 atom stereocenters. The topological polar surface area (TPSA) is 46.3 Å². The van der Waals surface area contributed by atoms with E-state index in [2.05, 4.69) is 15.9 Å². The van der Waals surface area contributed by atoms with E-state index in [1.165, 1.54) is 12.1 Å². The second kappa shape index (κ2) is 5.69. The number of amides is 1. The fraction of sp³-hybridized carbons (Fsp3) is 0.462. The van der Waals surface area contributed by atoms with E-state index >= 15 is 0 Å². The molecule has 0 fully saturated rings. The molecule has 100 valence electrons. The highest BCUT2D eigenvalue weighted by molar-refractivity contribution is 9.10. The van der Waals surface area contributed by atoms with Crippen molar-refractivity contribution in [2.45, 2.75) is 26.8 Å². The van der Waals surface area contributed by atoms with Gasteiger partial charge in [-0.2, -0.15) is 0 Å². The lowest BCUT2D eigenvalue weighted by atomic mass is 10.0. The lowest BCUT2D eigenvalue weighted by molar-refractivity contribution is 0.0706. The third-order valence-corrected chi connectivity index (χ3v) is 3.87. The van der Waals surface area contributed by atoms with Crippen LogP contribution in [0.3, 0.4) is 0 Å². The molecule has 1 aromatic carbocycles. The summed E-state index contributed by atoms with van der Waals surface area (Å²) >= 11 is 3.19. The minimum Gasteiger partial charge on any atom is -0.396 e. The van der Waals surface area contributed by atoms with Gasteiger partial charge in [0.05, 0.1) is 11.3 Å². The number of nitrogens with zero attached hydrogens (tertiary/aromatic N) is 1. The maximum absolute atomic E-state index is 13.2. The molecule has 5 heteroatoms. The van der Waals surface area contributed by atoms with E-state index in [0.29, 0.717) is 16.0 Å². The molecule has 0 saturated heterocycles. The Labute approximate surface area is 115 Å². The zero-order valence-electron chi connectivity index (χ0n) is 11.0. The Balaban J connectivity index is 3.08. The SMILES string of the molecule is CC(C)C(C)N(C)C(=O)c1cc(N)c(F)cc1Br. The zero-order valence-corrected chi connectivity index (χ0v) is 12.6. The Kier molecular flexibility index (Phi) is 4.73. The van der Waals surface area contributed by atoms with Crippen LogP contribution in [0.1, 0.15) is 31.1 Å². The van der Waals surface area contributed by atoms with Crippen LogP contribution in [0.15, 0.2) is 16.6 Å². The molecule has 0 heterocycles. The molecule has 1 unspecified atom stereocenters. The molecule has 1 rings (SSSR count). The van der Waals surface area contributed by atoms with Crippen LogP contribution in [0.25, 0.3) is 0 Å². The third kappa shape index (κ3) is 3.02. The molecule has 0 aliphatic carbocycles. The van der Waals surface area contributed by atoms with Gasteiger partial charge >= 0.3 is 0 Å². The highest BCUT2D eigenvalue weighted by Gasteiger charge is 2.22. The summed E-state index contributed by atoms with van der Waals surface area (Å²) in [6.07, 6.45) is 0. The summed E-state index contributed by atoms with van der Waals surface area (Å²) in [6.45, 7) is 6.06. The summed E-state index contributed by atoms with van der Waals surface area (Å²) in [6, 6.07) is 2.68. The van der Waals surface area contributed by atoms with Gasteiger partial charge in [-0.05, 0) is 40.9 Å². The monoisotopic (exact) mass is 316 g/mol. The first-order valence-corrected chi connectivity index (χ1v) is 6.56. The largest absolute Gasteiger partial charge is 0.396 e. The van der Waals surface area contributed by atoms with Crippen LogP contribution < -0.4 is 5.73 Å². The van der Waals surface area contributed by atoms with Crippen molar-refractivity contribution < 1.29 is 9.18 Å². The van der Waals surface area contributed by atoms with Crippen LogP contribution in [0.4, 0.5) is 10.1 Å². The number of hydrogen-bond donors (Lipinski definition) is 1. The normalized spacial score (nSPS) is 12.6. The van der Waals surface area contributed by atoms with Crippen molar-refractivity contribution in [3.05, 3.63) is 28.0 Å². The fourth-order valence-electron chi connectivity index (χ4n) is 1.55. The van der Waals surface area contributed by atoms with E-state index in [1.807, 2.05) is 20.8 Å². The molecule has 0 saturated carbocycles. The standard InChI is InChI=1S/C13H18BrFN2O/c1-7(2)8(3)17(4)13(18)9-5-12(16)11(15)6-10(9)14/h5-8H,16H2,1-4H3. The first kappa shape index (κ1) is 15.0. The van der Waals surface area contributed by atoms with Crippen molar-refractivity contribution >= 4 is 27.5 Å². The van der Waals surface area contributed by atoms with Gasteiger partial charge in [0, 0.05) is 17.6 Å². The van der Waals surface area contributed by atoms with Gasteiger partial charge in [0.1, 0.15) is 5.82 Å². The Morgan fingerprint density at radius 3 is 2.44 bits per heavy atom. The van der Waals surface area contributed by atoms with Gasteiger partial charge in [-0.15, -0.1) is 0 Å². The molecule has 0 aliphatic rings. The molecular weight excluding hydrogens is 299 g/mol. The van der Waals surface area contributed by atoms with Gasteiger partial charge in [0.25, 0.3) is 5.91 Å². The number of hydrogen-bond acceptors (Lipinski definition) is 2. The molecule has 18 heavy (non-hydrogen) atoms. The molecule has 1 aromatic rings. The van der Waals surface area contributed by atoms with E-state index in [9.17, 15) is 9.18 Å². The predicted octanol–water partition coefficient (Wildman–Crippen LogP) is 3.29. The van der Waals surface area contributed by atoms with Gasteiger partial charge in [-0.3, -0.25) is 4.79 Å². The summed E-state index contributed by atoms with van der Waals surface area (Å²) in [5.41, 5.74) is 5.85. The van der Waals surface area contributed by atoms with Crippen LogP contribution in [0.5, 0.6) is 0 Å². The summed E-state index contributed by atoms with van der Waals surface area (Å²) in [7, 11) is 1.74. The molecule has 3 nitrogen and oxygen atoms in total. The second-order valence-corrected chi connectivity index (χ2v) is 5.61. The minimum absolute atomic E-state index is 0.0212. The molecule has 1 amide bonds. The van der Waals surface area contributed by atoms with E-state index in [4.69, 9.17) is 5.73 Å². The number of carbonyl (C=O) groups excluding carboxylic acids is 1. The quantitative estimate of drug-likeness (QED) is 0.870. The molecule has 0 bridgehead atoms. The van der Waals surface area contributed by atoms with Crippen LogP contribution in [-0.4, -0.2) is 23.9 Å². The van der Waals surface area contributed by atoms with Crippen molar-refractivity contribution in [3.8, 4) is 0 Å². The van der Waals surface area contributed by atoms with Crippen LogP contribution in [0.2, 0.25) is 0 Å². The summed E-state index contributed by atoms with van der Waals surface area (Å²) < 4.78 is 13.6. The highest BCUT2D eigenvalue weighted by Crippen LogP contribution is 2.25. The Hall–Kier alpha value is -1.10. The first-order chi connectivity index (χ1) is 8.25. The molecule has 0 aromatic heterocycles. The maximum Gasteiger partial charge on any atom is 0.255 e. The number of nitrogens with two attached hydrogens (primary N) is 1.